The van der Waals surface area contributed by atoms with Crippen LogP contribution in [0, 0.1) is 0 Å². The van der Waals surface area contributed by atoms with Crippen molar-refractivity contribution < 1.29 is 18.7 Å². The summed E-state index contributed by atoms with van der Waals surface area (Å²) >= 11 is 0. The van der Waals surface area contributed by atoms with Crippen molar-refractivity contribution in [3.63, 3.8) is 0 Å². The normalized spacial score (nSPS) is 7.92. The molecule has 12 heavy (non-hydrogen) atoms. The second-order valence-electron chi connectivity index (χ2n) is 1.73. The van der Waals surface area contributed by atoms with E-state index in [-0.39, 0.29) is 5.56 Å². The van der Waals surface area contributed by atoms with Crippen molar-refractivity contribution in [1.29, 1.82) is 0 Å². The first-order valence-corrected chi connectivity index (χ1v) is 3.10. The molecule has 4 heteroatoms. The predicted octanol–water partition coefficient (Wildman–Crippen LogP) is 2.31. The van der Waals surface area contributed by atoms with Crippen molar-refractivity contribution in [2.24, 2.45) is 0 Å². The zero-order valence-corrected chi connectivity index (χ0v) is 6.46. The van der Waals surface area contributed by atoms with Gasteiger partial charge in [0.1, 0.15) is 0 Å². The van der Waals surface area contributed by atoms with Gasteiger partial charge in [0.05, 0.1) is 12.7 Å². The summed E-state index contributed by atoms with van der Waals surface area (Å²) in [4.78, 5) is 13.4. The lowest BCUT2D eigenvalue weighted by Crippen LogP contribution is -1.96. The molecule has 0 unspecified atom stereocenters. The van der Waals surface area contributed by atoms with Gasteiger partial charge in [0.15, 0.2) is 0 Å². The average Bonchev–Trinajstić information content (AvgIpc) is 2.21. The van der Waals surface area contributed by atoms with Crippen LogP contribution < -0.4 is 0 Å². The lowest BCUT2D eigenvalue weighted by Gasteiger charge is -1.90. The fraction of sp³-hybridized carbons (Fsp3) is 0.125. The third-order valence-electron chi connectivity index (χ3n) is 1.08. The Labute approximate surface area is 68.7 Å². The van der Waals surface area contributed by atoms with Crippen molar-refractivity contribution in [2.75, 3.05) is 7.18 Å². The molecule has 0 radical (unpaired) electrons. The Balaban J connectivity index is 0.000000561. The molecule has 0 aliphatic rings. The Morgan fingerprint density at radius 1 is 1.25 bits per heavy atom. The molecule has 2 nitrogen and oxygen atoms in total. The molecule has 0 aromatic heterocycles. The van der Waals surface area contributed by atoms with Gasteiger partial charge in [-0.05, 0) is 12.1 Å². The van der Waals surface area contributed by atoms with Crippen molar-refractivity contribution >= 4 is 5.97 Å². The van der Waals surface area contributed by atoms with Gasteiger partial charge in [0, 0.05) is 4.53 Å². The Kier molecular flexibility index (Phi) is 5.51. The molecule has 0 aliphatic carbocycles. The SMILES string of the molecule is CF.O=C(OF)c1ccccc1. The quantitative estimate of drug-likeness (QED) is 0.653. The van der Waals surface area contributed by atoms with Gasteiger partial charge < -0.3 is 0 Å². The Hall–Kier alpha value is -1.45. The van der Waals surface area contributed by atoms with Crippen molar-refractivity contribution in [2.45, 2.75) is 0 Å². The standard InChI is InChI=1S/C7H5FO2.CH3F/c8-10-7(9)6-4-2-1-3-5-6;1-2/h1-5H;1H3. The van der Waals surface area contributed by atoms with E-state index in [1.165, 1.54) is 12.1 Å². The van der Waals surface area contributed by atoms with Crippen LogP contribution >= 0.6 is 0 Å². The van der Waals surface area contributed by atoms with E-state index in [1.807, 2.05) is 0 Å². The molecule has 0 saturated heterocycles. The second-order valence-corrected chi connectivity index (χ2v) is 1.73. The smallest absolute Gasteiger partial charge is 0.255 e. The first kappa shape index (κ1) is 10.6. The number of rotatable bonds is 1. The van der Waals surface area contributed by atoms with Crippen molar-refractivity contribution in [3.8, 4) is 0 Å². The molecule has 66 valence electrons. The van der Waals surface area contributed by atoms with E-state index in [1.54, 1.807) is 18.2 Å². The largest absolute Gasteiger partial charge is 0.379 e. The Morgan fingerprint density at radius 2 is 1.75 bits per heavy atom. The second kappa shape index (κ2) is 6.27. The summed E-state index contributed by atoms with van der Waals surface area (Å²) < 4.78 is 20.7. The number of carbonyl (C=O) groups excluding carboxylic acids is 1. The van der Waals surface area contributed by atoms with Crippen LogP contribution in [0.1, 0.15) is 10.4 Å². The molecular formula is C8H8F2O2. The van der Waals surface area contributed by atoms with E-state index in [0.29, 0.717) is 7.18 Å². The van der Waals surface area contributed by atoms with Crippen LogP contribution in [0.2, 0.25) is 0 Å². The third kappa shape index (κ3) is 3.09. The van der Waals surface area contributed by atoms with Gasteiger partial charge in [-0.1, -0.05) is 18.2 Å². The van der Waals surface area contributed by atoms with E-state index in [9.17, 15) is 13.7 Å². The topological polar surface area (TPSA) is 26.3 Å². The molecular weight excluding hydrogens is 166 g/mol. The average molecular weight is 174 g/mol. The van der Waals surface area contributed by atoms with E-state index in [4.69, 9.17) is 0 Å². The highest BCUT2D eigenvalue weighted by atomic mass is 19.3. The number of halogens is 2. The zero-order valence-electron chi connectivity index (χ0n) is 6.46. The summed E-state index contributed by atoms with van der Waals surface area (Å²) in [6, 6.07) is 7.94. The highest BCUT2D eigenvalue weighted by Crippen LogP contribution is 2.00. The van der Waals surface area contributed by atoms with Gasteiger partial charge >= 0.3 is 5.97 Å². The predicted molar refractivity (Wildman–Crippen MR) is 40.0 cm³/mol. The molecule has 1 aromatic carbocycles. The number of carbonyl (C=O) groups is 1. The maximum atomic E-state index is 11.2. The molecule has 0 fully saturated rings. The van der Waals surface area contributed by atoms with Crippen LogP contribution in [0.25, 0.3) is 0 Å². The molecule has 1 rings (SSSR count). The highest BCUT2D eigenvalue weighted by molar-refractivity contribution is 5.88. The fourth-order valence-corrected chi connectivity index (χ4v) is 0.619. The van der Waals surface area contributed by atoms with Gasteiger partial charge in [-0.3, -0.25) is 4.39 Å². The Morgan fingerprint density at radius 3 is 2.17 bits per heavy atom. The molecule has 0 amide bonds. The minimum Gasteiger partial charge on any atom is -0.255 e. The highest BCUT2D eigenvalue weighted by Gasteiger charge is 2.04. The van der Waals surface area contributed by atoms with Crippen LogP contribution in [0.5, 0.6) is 0 Å². The molecule has 0 aliphatic heterocycles. The van der Waals surface area contributed by atoms with Crippen LogP contribution in [0.3, 0.4) is 0 Å². The van der Waals surface area contributed by atoms with E-state index in [0.717, 1.165) is 0 Å². The number of alkyl halides is 1. The minimum absolute atomic E-state index is 0.213. The summed E-state index contributed by atoms with van der Waals surface area (Å²) in [5.74, 6) is -0.958. The molecule has 0 spiro atoms. The number of hydrogen-bond acceptors (Lipinski definition) is 2. The fourth-order valence-electron chi connectivity index (χ4n) is 0.619. The maximum absolute atomic E-state index is 11.2. The summed E-state index contributed by atoms with van der Waals surface area (Å²) in [7, 11) is 0.500. The van der Waals surface area contributed by atoms with Crippen molar-refractivity contribution in [1.82, 2.24) is 0 Å². The molecule has 0 bridgehead atoms. The van der Waals surface area contributed by atoms with Gasteiger partial charge in [0.25, 0.3) is 0 Å². The first-order chi connectivity index (χ1) is 5.84. The number of benzene rings is 1. The third-order valence-corrected chi connectivity index (χ3v) is 1.08. The molecule has 0 heterocycles. The van der Waals surface area contributed by atoms with E-state index in [2.05, 4.69) is 4.94 Å². The molecule has 0 saturated carbocycles. The van der Waals surface area contributed by atoms with Gasteiger partial charge in [-0.25, -0.2) is 9.74 Å². The molecule has 0 N–H and O–H groups in total. The lowest BCUT2D eigenvalue weighted by atomic mass is 10.2. The van der Waals surface area contributed by atoms with E-state index >= 15 is 0 Å². The molecule has 0 atom stereocenters. The first-order valence-electron chi connectivity index (χ1n) is 3.10. The summed E-state index contributed by atoms with van der Waals surface area (Å²) in [5.41, 5.74) is 0.213. The summed E-state index contributed by atoms with van der Waals surface area (Å²) in [6.07, 6.45) is 0. The van der Waals surface area contributed by atoms with Crippen molar-refractivity contribution in [3.05, 3.63) is 35.9 Å². The summed E-state index contributed by atoms with van der Waals surface area (Å²) in [5, 5.41) is 0. The maximum Gasteiger partial charge on any atom is 0.379 e. The van der Waals surface area contributed by atoms with Crippen LogP contribution in [0.4, 0.5) is 8.92 Å². The zero-order chi connectivity index (χ0) is 9.40. The minimum atomic E-state index is -0.958. The molecule has 1 aromatic rings. The lowest BCUT2D eigenvalue weighted by molar-refractivity contribution is -0.0788. The van der Waals surface area contributed by atoms with Gasteiger partial charge in [-0.15, -0.1) is 0 Å². The van der Waals surface area contributed by atoms with Gasteiger partial charge in [0.2, 0.25) is 0 Å². The number of hydrogen-bond donors (Lipinski definition) is 0. The Bertz CT molecular complexity index is 224. The van der Waals surface area contributed by atoms with E-state index < -0.39 is 5.97 Å². The van der Waals surface area contributed by atoms with Crippen LogP contribution in [-0.2, 0) is 4.94 Å². The van der Waals surface area contributed by atoms with Crippen LogP contribution in [-0.4, -0.2) is 13.1 Å². The monoisotopic (exact) mass is 174 g/mol. The van der Waals surface area contributed by atoms with Gasteiger partial charge in [-0.2, -0.15) is 0 Å². The summed E-state index contributed by atoms with van der Waals surface area (Å²) in [6.45, 7) is 0. The van der Waals surface area contributed by atoms with Crippen LogP contribution in [0.15, 0.2) is 30.3 Å².